The minimum absolute atomic E-state index is 0.148. The number of amides is 1. The fraction of sp³-hybridized carbons (Fsp3) is 0.316. The molecule has 120 valence electrons. The van der Waals surface area contributed by atoms with E-state index >= 15 is 0 Å². The first kappa shape index (κ1) is 15.4. The van der Waals surface area contributed by atoms with Crippen LogP contribution >= 0.6 is 0 Å². The van der Waals surface area contributed by atoms with E-state index in [9.17, 15) is 4.79 Å². The molecule has 1 fully saturated rings. The van der Waals surface area contributed by atoms with Crippen LogP contribution in [0.1, 0.15) is 36.0 Å². The van der Waals surface area contributed by atoms with Crippen LogP contribution in [0.25, 0.3) is 0 Å². The van der Waals surface area contributed by atoms with Gasteiger partial charge in [0.15, 0.2) is 0 Å². The van der Waals surface area contributed by atoms with Crippen molar-refractivity contribution >= 4 is 11.6 Å². The Labute approximate surface area is 136 Å². The largest absolute Gasteiger partial charge is 0.497 e. The topological polar surface area (TPSA) is 47.6 Å². The Kier molecular flexibility index (Phi) is 4.81. The quantitative estimate of drug-likeness (QED) is 0.897. The molecule has 0 aliphatic heterocycles. The van der Waals surface area contributed by atoms with Gasteiger partial charge in [-0.1, -0.05) is 6.07 Å². The number of carbonyl (C=O) groups is 1. The van der Waals surface area contributed by atoms with Crippen LogP contribution in [0.3, 0.4) is 0 Å². The van der Waals surface area contributed by atoms with Crippen molar-refractivity contribution in [2.24, 2.45) is 0 Å². The summed E-state index contributed by atoms with van der Waals surface area (Å²) in [5.41, 5.74) is 1.31. The first-order valence-corrected chi connectivity index (χ1v) is 7.97. The molecule has 3 rings (SSSR count). The van der Waals surface area contributed by atoms with Crippen molar-refractivity contribution in [1.29, 1.82) is 0 Å². The molecule has 0 radical (unpaired) electrons. The highest BCUT2D eigenvalue weighted by Gasteiger charge is 2.16. The van der Waals surface area contributed by atoms with Gasteiger partial charge in [0.1, 0.15) is 11.5 Å². The maximum absolute atomic E-state index is 12.3. The van der Waals surface area contributed by atoms with Crippen LogP contribution < -0.4 is 14.8 Å². The molecule has 4 heteroatoms. The van der Waals surface area contributed by atoms with Gasteiger partial charge < -0.3 is 14.8 Å². The lowest BCUT2D eigenvalue weighted by Crippen LogP contribution is -2.13. The molecule has 0 bridgehead atoms. The second-order valence-corrected chi connectivity index (χ2v) is 5.73. The number of hydrogen-bond acceptors (Lipinski definition) is 3. The average Bonchev–Trinajstić information content (AvgIpc) is 3.08. The van der Waals surface area contributed by atoms with Crippen molar-refractivity contribution in [2.45, 2.75) is 31.8 Å². The highest BCUT2D eigenvalue weighted by Crippen LogP contribution is 2.24. The Hall–Kier alpha value is -2.49. The lowest BCUT2D eigenvalue weighted by Gasteiger charge is -2.13. The van der Waals surface area contributed by atoms with Crippen molar-refractivity contribution in [1.82, 2.24) is 0 Å². The molecular formula is C19H21NO3. The van der Waals surface area contributed by atoms with E-state index in [2.05, 4.69) is 5.32 Å². The molecule has 0 atom stereocenters. The molecule has 0 aromatic heterocycles. The number of benzene rings is 2. The second kappa shape index (κ2) is 7.18. The molecule has 0 spiro atoms. The molecule has 1 aliphatic rings. The van der Waals surface area contributed by atoms with Crippen LogP contribution in [0, 0.1) is 0 Å². The van der Waals surface area contributed by atoms with Crippen molar-refractivity contribution in [2.75, 3.05) is 12.4 Å². The molecule has 23 heavy (non-hydrogen) atoms. The molecule has 1 saturated carbocycles. The highest BCUT2D eigenvalue weighted by molar-refractivity contribution is 6.04. The zero-order valence-electron chi connectivity index (χ0n) is 13.2. The summed E-state index contributed by atoms with van der Waals surface area (Å²) in [6.07, 6.45) is 5.06. The normalized spacial score (nSPS) is 14.5. The summed E-state index contributed by atoms with van der Waals surface area (Å²) >= 11 is 0. The molecule has 0 saturated heterocycles. The molecule has 2 aromatic carbocycles. The van der Waals surface area contributed by atoms with Gasteiger partial charge in [-0.2, -0.15) is 0 Å². The first-order valence-electron chi connectivity index (χ1n) is 7.97. The number of anilines is 1. The number of rotatable bonds is 5. The fourth-order valence-corrected chi connectivity index (χ4v) is 2.79. The Balaban J connectivity index is 1.62. The third kappa shape index (κ3) is 4.03. The van der Waals surface area contributed by atoms with Crippen molar-refractivity contribution < 1.29 is 14.3 Å². The summed E-state index contributed by atoms with van der Waals surface area (Å²) in [6.45, 7) is 0. The van der Waals surface area contributed by atoms with Crippen molar-refractivity contribution in [3.8, 4) is 11.5 Å². The van der Waals surface area contributed by atoms with Gasteiger partial charge in [0.2, 0.25) is 0 Å². The van der Waals surface area contributed by atoms with Crippen molar-refractivity contribution in [3.05, 3.63) is 54.1 Å². The minimum atomic E-state index is -0.148. The highest BCUT2D eigenvalue weighted by atomic mass is 16.5. The van der Waals surface area contributed by atoms with Crippen LogP contribution in [-0.2, 0) is 0 Å². The molecular weight excluding hydrogens is 290 g/mol. The van der Waals surface area contributed by atoms with Crippen LogP contribution in [0.2, 0.25) is 0 Å². The van der Waals surface area contributed by atoms with E-state index in [1.165, 1.54) is 12.8 Å². The first-order chi connectivity index (χ1) is 11.2. The maximum atomic E-state index is 12.3. The monoisotopic (exact) mass is 311 g/mol. The van der Waals surface area contributed by atoms with Gasteiger partial charge in [-0.05, 0) is 62.1 Å². The summed E-state index contributed by atoms with van der Waals surface area (Å²) in [5.74, 6) is 1.39. The predicted octanol–water partition coefficient (Wildman–Crippen LogP) is 4.27. The number of hydrogen-bond donors (Lipinski definition) is 1. The predicted molar refractivity (Wildman–Crippen MR) is 90.3 cm³/mol. The summed E-state index contributed by atoms with van der Waals surface area (Å²) in [5, 5.41) is 2.87. The smallest absolute Gasteiger partial charge is 0.255 e. The van der Waals surface area contributed by atoms with E-state index in [4.69, 9.17) is 9.47 Å². The van der Waals surface area contributed by atoms with E-state index in [0.717, 1.165) is 18.6 Å². The number of carbonyl (C=O) groups excluding carboxylic acids is 1. The van der Waals surface area contributed by atoms with Crippen LogP contribution in [0.4, 0.5) is 5.69 Å². The molecule has 2 aromatic rings. The lowest BCUT2D eigenvalue weighted by molar-refractivity contribution is 0.102. The van der Waals surface area contributed by atoms with Gasteiger partial charge in [-0.25, -0.2) is 0 Å². The number of ether oxygens (including phenoxy) is 2. The van der Waals surface area contributed by atoms with Crippen molar-refractivity contribution in [3.63, 3.8) is 0 Å². The fourth-order valence-electron chi connectivity index (χ4n) is 2.79. The summed E-state index contributed by atoms with van der Waals surface area (Å²) < 4.78 is 11.1. The summed E-state index contributed by atoms with van der Waals surface area (Å²) in [4.78, 5) is 12.3. The van der Waals surface area contributed by atoms with E-state index in [1.54, 1.807) is 25.3 Å². The van der Waals surface area contributed by atoms with E-state index < -0.39 is 0 Å². The molecule has 4 nitrogen and oxygen atoms in total. The standard InChI is InChI=1S/C19H21NO3/c1-22-18-8-4-5-15(13-18)20-19(21)14-9-11-17(12-10-14)23-16-6-2-3-7-16/h4-5,8-13,16H,2-3,6-7H2,1H3,(H,20,21). The van der Waals surface area contributed by atoms with Gasteiger partial charge in [0, 0.05) is 17.3 Å². The molecule has 0 unspecified atom stereocenters. The van der Waals surface area contributed by atoms with E-state index in [-0.39, 0.29) is 5.91 Å². The zero-order valence-corrected chi connectivity index (χ0v) is 13.2. The Morgan fingerprint density at radius 1 is 1.04 bits per heavy atom. The van der Waals surface area contributed by atoms with E-state index in [1.807, 2.05) is 30.3 Å². The molecule has 0 heterocycles. The van der Waals surface area contributed by atoms with Gasteiger partial charge in [-0.3, -0.25) is 4.79 Å². The second-order valence-electron chi connectivity index (χ2n) is 5.73. The Morgan fingerprint density at radius 2 is 1.78 bits per heavy atom. The molecule has 1 aliphatic carbocycles. The molecule has 1 amide bonds. The number of methoxy groups -OCH3 is 1. The van der Waals surface area contributed by atoms with E-state index in [0.29, 0.717) is 23.1 Å². The third-order valence-corrected chi connectivity index (χ3v) is 4.05. The number of nitrogens with one attached hydrogen (secondary N) is 1. The Morgan fingerprint density at radius 3 is 2.48 bits per heavy atom. The Bertz CT molecular complexity index is 661. The summed E-state index contributed by atoms with van der Waals surface area (Å²) in [6, 6.07) is 14.6. The van der Waals surface area contributed by atoms with Crippen LogP contribution in [-0.4, -0.2) is 19.1 Å². The average molecular weight is 311 g/mol. The van der Waals surface area contributed by atoms with Gasteiger partial charge in [0.25, 0.3) is 5.91 Å². The van der Waals surface area contributed by atoms with Crippen LogP contribution in [0.15, 0.2) is 48.5 Å². The van der Waals surface area contributed by atoms with Gasteiger partial charge in [0.05, 0.1) is 13.2 Å². The lowest BCUT2D eigenvalue weighted by atomic mass is 10.2. The van der Waals surface area contributed by atoms with Gasteiger partial charge >= 0.3 is 0 Å². The SMILES string of the molecule is COc1cccc(NC(=O)c2ccc(OC3CCCC3)cc2)c1. The minimum Gasteiger partial charge on any atom is -0.497 e. The summed E-state index contributed by atoms with van der Waals surface area (Å²) in [7, 11) is 1.60. The maximum Gasteiger partial charge on any atom is 0.255 e. The zero-order chi connectivity index (χ0) is 16.1. The van der Waals surface area contributed by atoms with Crippen LogP contribution in [0.5, 0.6) is 11.5 Å². The third-order valence-electron chi connectivity index (χ3n) is 4.05. The van der Waals surface area contributed by atoms with Gasteiger partial charge in [-0.15, -0.1) is 0 Å². The molecule has 1 N–H and O–H groups in total.